The Morgan fingerprint density at radius 3 is 2.68 bits per heavy atom. The molecule has 138 valence electrons. The topological polar surface area (TPSA) is 87.3 Å². The Labute approximate surface area is 146 Å². The lowest BCUT2D eigenvalue weighted by molar-refractivity contribution is -0.126. The molecule has 25 heavy (non-hydrogen) atoms. The molecule has 0 aromatic carbocycles. The summed E-state index contributed by atoms with van der Waals surface area (Å²) in [6.07, 6.45) is -4.79. The Morgan fingerprint density at radius 1 is 1.40 bits per heavy atom. The molecule has 3 atom stereocenters. The van der Waals surface area contributed by atoms with Crippen molar-refractivity contribution < 1.29 is 18.3 Å². The zero-order chi connectivity index (χ0) is 18.4. The fourth-order valence-corrected chi connectivity index (χ4v) is 4.28. The molecule has 1 fully saturated rings. The Kier molecular flexibility index (Phi) is 4.78. The van der Waals surface area contributed by atoms with Crippen LogP contribution in [0.5, 0.6) is 0 Å². The van der Waals surface area contributed by atoms with E-state index in [4.69, 9.17) is 5.73 Å². The first-order valence-corrected chi connectivity index (χ1v) is 8.71. The molecule has 1 aliphatic carbocycles. The molecule has 0 bridgehead atoms. The Bertz CT molecular complexity index is 765. The van der Waals surface area contributed by atoms with Crippen LogP contribution in [0, 0.1) is 0 Å². The number of aliphatic hydroxyl groups excluding tert-OH is 1. The van der Waals surface area contributed by atoms with E-state index >= 15 is 0 Å². The van der Waals surface area contributed by atoms with E-state index < -0.39 is 18.7 Å². The van der Waals surface area contributed by atoms with Crippen LogP contribution in [0.3, 0.4) is 0 Å². The zero-order valence-electron chi connectivity index (χ0n) is 13.8. The largest absolute Gasteiger partial charge is 0.393 e. The lowest BCUT2D eigenvalue weighted by Crippen LogP contribution is -2.38. The Morgan fingerprint density at radius 2 is 2.12 bits per heavy atom. The molecule has 1 saturated carbocycles. The highest BCUT2D eigenvalue weighted by molar-refractivity contribution is 7.18. The molecule has 4 N–H and O–H groups in total. The van der Waals surface area contributed by atoms with Crippen molar-refractivity contribution in [2.45, 2.75) is 43.6 Å². The number of thiophene rings is 1. The van der Waals surface area contributed by atoms with Crippen LogP contribution in [0.1, 0.15) is 17.7 Å². The standard InChI is InChI=1S/C15H20F3N5OS/c1-20-14-21-12(23(2)10-3-7(19)4-11(10)24)9-5-8(6-15(16,17)18)25-13(9)22-14/h5,7,10-11,24H,3-4,6,19H2,1-2H3,(H,20,21,22)/t7-,10+,11-/m1/s1. The number of nitrogens with two attached hydrogens (primary N) is 1. The van der Waals surface area contributed by atoms with E-state index in [9.17, 15) is 18.3 Å². The number of likely N-dealkylation sites (N-methyl/N-ethyl adjacent to an activating group) is 1. The first-order chi connectivity index (χ1) is 11.7. The van der Waals surface area contributed by atoms with Crippen LogP contribution in [0.15, 0.2) is 6.07 Å². The van der Waals surface area contributed by atoms with Crippen molar-refractivity contribution in [1.82, 2.24) is 9.97 Å². The highest BCUT2D eigenvalue weighted by Crippen LogP contribution is 2.36. The summed E-state index contributed by atoms with van der Waals surface area (Å²) in [5.41, 5.74) is 5.92. The maximum absolute atomic E-state index is 12.7. The van der Waals surface area contributed by atoms with Crippen molar-refractivity contribution >= 4 is 33.3 Å². The maximum Gasteiger partial charge on any atom is 0.393 e. The monoisotopic (exact) mass is 375 g/mol. The fraction of sp³-hybridized carbons (Fsp3) is 0.600. The van der Waals surface area contributed by atoms with Gasteiger partial charge in [0, 0.05) is 25.0 Å². The number of rotatable bonds is 4. The molecule has 0 saturated heterocycles. The smallest absolute Gasteiger partial charge is 0.391 e. The number of aromatic nitrogens is 2. The van der Waals surface area contributed by atoms with Gasteiger partial charge in [0.2, 0.25) is 5.95 Å². The third-order valence-electron chi connectivity index (χ3n) is 4.39. The number of hydrogen-bond acceptors (Lipinski definition) is 7. The lowest BCUT2D eigenvalue weighted by Gasteiger charge is -2.28. The predicted molar refractivity (Wildman–Crippen MR) is 92.1 cm³/mol. The summed E-state index contributed by atoms with van der Waals surface area (Å²) in [6, 6.07) is 1.15. The summed E-state index contributed by atoms with van der Waals surface area (Å²) in [5, 5.41) is 13.6. The van der Waals surface area contributed by atoms with E-state index in [1.165, 1.54) is 6.07 Å². The summed E-state index contributed by atoms with van der Waals surface area (Å²) < 4.78 is 38.1. The van der Waals surface area contributed by atoms with Gasteiger partial charge in [-0.05, 0) is 18.9 Å². The van der Waals surface area contributed by atoms with Crippen LogP contribution in [-0.4, -0.2) is 53.5 Å². The van der Waals surface area contributed by atoms with Gasteiger partial charge in [0.25, 0.3) is 0 Å². The van der Waals surface area contributed by atoms with E-state index in [2.05, 4.69) is 15.3 Å². The van der Waals surface area contributed by atoms with E-state index in [-0.39, 0.29) is 17.0 Å². The second kappa shape index (κ2) is 6.58. The highest BCUT2D eigenvalue weighted by Gasteiger charge is 2.35. The number of alkyl halides is 3. The average Bonchev–Trinajstić information content (AvgIpc) is 3.05. The van der Waals surface area contributed by atoms with Crippen molar-refractivity contribution in [3.05, 3.63) is 10.9 Å². The Balaban J connectivity index is 2.03. The van der Waals surface area contributed by atoms with Gasteiger partial charge in [-0.3, -0.25) is 0 Å². The average molecular weight is 375 g/mol. The number of nitrogens with zero attached hydrogens (tertiary/aromatic N) is 3. The van der Waals surface area contributed by atoms with Crippen LogP contribution in [0.4, 0.5) is 24.9 Å². The molecule has 0 spiro atoms. The molecular formula is C15H20F3N5OS. The molecule has 6 nitrogen and oxygen atoms in total. The quantitative estimate of drug-likeness (QED) is 0.759. The van der Waals surface area contributed by atoms with Crippen LogP contribution in [0.25, 0.3) is 10.2 Å². The van der Waals surface area contributed by atoms with Gasteiger partial charge in [0.15, 0.2) is 0 Å². The third kappa shape index (κ3) is 3.80. The summed E-state index contributed by atoms with van der Waals surface area (Å²) in [5.74, 6) is 0.823. The van der Waals surface area contributed by atoms with E-state index in [1.54, 1.807) is 19.0 Å². The molecule has 0 amide bonds. The van der Waals surface area contributed by atoms with Crippen molar-refractivity contribution in [2.24, 2.45) is 5.73 Å². The SMILES string of the molecule is CNc1nc(N(C)[C@H]2C[C@@H](N)C[C@H]2O)c2cc(CC(F)(F)F)sc2n1. The van der Waals surface area contributed by atoms with Gasteiger partial charge in [-0.15, -0.1) is 11.3 Å². The van der Waals surface area contributed by atoms with Crippen LogP contribution in [0.2, 0.25) is 0 Å². The number of halogens is 3. The summed E-state index contributed by atoms with van der Waals surface area (Å²) in [4.78, 5) is 11.1. The minimum absolute atomic E-state index is 0.105. The first kappa shape index (κ1) is 18.2. The first-order valence-electron chi connectivity index (χ1n) is 7.89. The predicted octanol–water partition coefficient (Wildman–Crippen LogP) is 2.12. The summed E-state index contributed by atoms with van der Waals surface area (Å²) in [7, 11) is 3.42. The molecule has 1 aliphatic rings. The van der Waals surface area contributed by atoms with Crippen molar-refractivity contribution in [2.75, 3.05) is 24.3 Å². The second-order valence-electron chi connectivity index (χ2n) is 6.32. The second-order valence-corrected chi connectivity index (χ2v) is 7.44. The normalized spacial score (nSPS) is 24.0. The molecule has 2 heterocycles. The maximum atomic E-state index is 12.7. The summed E-state index contributed by atoms with van der Waals surface area (Å²) >= 11 is 1.00. The molecule has 3 rings (SSSR count). The fourth-order valence-electron chi connectivity index (χ4n) is 3.23. The number of fused-ring (bicyclic) bond motifs is 1. The molecular weight excluding hydrogens is 355 g/mol. The molecule has 2 aromatic heterocycles. The molecule has 0 aliphatic heterocycles. The van der Waals surface area contributed by atoms with Gasteiger partial charge in [0.05, 0.1) is 24.0 Å². The third-order valence-corrected chi connectivity index (χ3v) is 5.42. The molecule has 0 radical (unpaired) electrons. The van der Waals surface area contributed by atoms with Crippen molar-refractivity contribution in [3.8, 4) is 0 Å². The lowest BCUT2D eigenvalue weighted by atomic mass is 10.1. The van der Waals surface area contributed by atoms with Gasteiger partial charge in [-0.2, -0.15) is 18.2 Å². The summed E-state index contributed by atoms with van der Waals surface area (Å²) in [6.45, 7) is 0. The number of aliphatic hydroxyl groups is 1. The Hall–Kier alpha value is -1.65. The van der Waals surface area contributed by atoms with Crippen LogP contribution in [-0.2, 0) is 6.42 Å². The van der Waals surface area contributed by atoms with Crippen LogP contribution >= 0.6 is 11.3 Å². The molecule has 0 unspecified atom stereocenters. The van der Waals surface area contributed by atoms with Gasteiger partial charge in [0.1, 0.15) is 10.6 Å². The highest BCUT2D eigenvalue weighted by atomic mass is 32.1. The van der Waals surface area contributed by atoms with Crippen LogP contribution < -0.4 is 16.0 Å². The number of hydrogen-bond donors (Lipinski definition) is 3. The number of nitrogens with one attached hydrogen (secondary N) is 1. The van der Waals surface area contributed by atoms with Gasteiger partial charge in [-0.25, -0.2) is 4.98 Å². The van der Waals surface area contributed by atoms with Crippen molar-refractivity contribution in [1.29, 1.82) is 0 Å². The molecule has 10 heteroatoms. The zero-order valence-corrected chi connectivity index (χ0v) is 14.7. The van der Waals surface area contributed by atoms with E-state index in [0.717, 1.165) is 11.3 Å². The molecule has 2 aromatic rings. The van der Waals surface area contributed by atoms with E-state index in [0.29, 0.717) is 34.8 Å². The minimum Gasteiger partial charge on any atom is -0.391 e. The van der Waals surface area contributed by atoms with Gasteiger partial charge in [-0.1, -0.05) is 0 Å². The van der Waals surface area contributed by atoms with Gasteiger partial charge >= 0.3 is 6.18 Å². The van der Waals surface area contributed by atoms with Crippen molar-refractivity contribution in [3.63, 3.8) is 0 Å². The number of anilines is 2. The van der Waals surface area contributed by atoms with E-state index in [1.807, 2.05) is 0 Å². The minimum atomic E-state index is -4.28. The van der Waals surface area contributed by atoms with Gasteiger partial charge < -0.3 is 21.1 Å².